The Morgan fingerprint density at radius 3 is 2.27 bits per heavy atom. The third kappa shape index (κ3) is 6.46. The number of nitrogens with zero attached hydrogens (tertiary/aromatic N) is 2. The Balaban J connectivity index is 0.000000383. The van der Waals surface area contributed by atoms with Crippen LogP contribution in [-0.2, 0) is 19.6 Å². The van der Waals surface area contributed by atoms with E-state index in [9.17, 15) is 21.6 Å². The number of aryl methyl sites for hydroxylation is 1. The number of halogens is 3. The molecule has 3 saturated heterocycles. The molecule has 0 bridgehead atoms. The van der Waals surface area contributed by atoms with Crippen molar-refractivity contribution in [2.45, 2.75) is 56.2 Å². The van der Waals surface area contributed by atoms with Gasteiger partial charge in [0.1, 0.15) is 0 Å². The van der Waals surface area contributed by atoms with Gasteiger partial charge in [0.25, 0.3) is 0 Å². The topological polar surface area (TPSA) is 87.2 Å². The van der Waals surface area contributed by atoms with Crippen LogP contribution >= 0.6 is 0 Å². The van der Waals surface area contributed by atoms with E-state index in [2.05, 4.69) is 4.90 Å². The molecule has 3 aliphatic heterocycles. The van der Waals surface area contributed by atoms with Crippen molar-refractivity contribution < 1.29 is 36.2 Å². The average molecular weight is 493 g/mol. The smallest absolute Gasteiger partial charge is 0.475 e. The first-order valence-corrected chi connectivity index (χ1v) is 12.6. The summed E-state index contributed by atoms with van der Waals surface area (Å²) in [6.45, 7) is 7.33. The third-order valence-corrected chi connectivity index (χ3v) is 8.74. The van der Waals surface area contributed by atoms with Gasteiger partial charge in [-0.05, 0) is 69.2 Å². The number of likely N-dealkylation sites (tertiary alicyclic amines) is 1. The quantitative estimate of drug-likeness (QED) is 0.694. The molecule has 0 aromatic heterocycles. The van der Waals surface area contributed by atoms with Crippen LogP contribution in [0, 0.1) is 12.3 Å². The summed E-state index contributed by atoms with van der Waals surface area (Å²) in [7, 11) is -3.39. The molecular formula is C22H31F3N2O5S. The molecule has 7 nitrogen and oxygen atoms in total. The molecular weight excluding hydrogens is 461 g/mol. The zero-order chi connectivity index (χ0) is 24.3. The highest BCUT2D eigenvalue weighted by Gasteiger charge is 2.45. The Bertz CT molecular complexity index is 924. The molecule has 186 valence electrons. The molecule has 1 aromatic rings. The summed E-state index contributed by atoms with van der Waals surface area (Å²) >= 11 is 0. The molecule has 4 rings (SSSR count). The molecule has 1 aromatic carbocycles. The van der Waals surface area contributed by atoms with Gasteiger partial charge in [0.2, 0.25) is 10.0 Å². The maximum atomic E-state index is 13.0. The molecule has 1 atom stereocenters. The second-order valence-corrected chi connectivity index (χ2v) is 11.0. The number of aliphatic carboxylic acids is 1. The van der Waals surface area contributed by atoms with Crippen molar-refractivity contribution in [1.82, 2.24) is 9.21 Å². The summed E-state index contributed by atoms with van der Waals surface area (Å²) in [5.74, 6) is -2.76. The van der Waals surface area contributed by atoms with Crippen LogP contribution < -0.4 is 0 Å². The molecule has 0 saturated carbocycles. The lowest BCUT2D eigenvalue weighted by atomic mass is 9.77. The number of carboxylic acid groups (broad SMARTS) is 1. The highest BCUT2D eigenvalue weighted by atomic mass is 32.2. The molecule has 0 radical (unpaired) electrons. The Hall–Kier alpha value is -1.69. The first-order chi connectivity index (χ1) is 15.4. The molecule has 3 heterocycles. The van der Waals surface area contributed by atoms with E-state index in [1.807, 2.05) is 19.1 Å². The van der Waals surface area contributed by atoms with E-state index in [0.717, 1.165) is 38.0 Å². The highest BCUT2D eigenvalue weighted by Crippen LogP contribution is 2.43. The predicted octanol–water partition coefficient (Wildman–Crippen LogP) is 3.28. The molecule has 11 heteroatoms. The summed E-state index contributed by atoms with van der Waals surface area (Å²) in [5.41, 5.74) is 1.00. The SMILES string of the molecule is Cc1ccccc1S(=O)(=O)N1CCC2(CC1)COC(CN1CCCC1)C2.O=C(O)C(F)(F)F. The lowest BCUT2D eigenvalue weighted by molar-refractivity contribution is -0.192. The Labute approximate surface area is 192 Å². The van der Waals surface area contributed by atoms with E-state index in [1.165, 1.54) is 25.9 Å². The number of hydrogen-bond donors (Lipinski definition) is 1. The van der Waals surface area contributed by atoms with E-state index in [1.54, 1.807) is 16.4 Å². The first kappa shape index (κ1) is 25.9. The minimum Gasteiger partial charge on any atom is -0.475 e. The number of benzene rings is 1. The summed E-state index contributed by atoms with van der Waals surface area (Å²) in [4.78, 5) is 11.9. The molecule has 33 heavy (non-hydrogen) atoms. The van der Waals surface area contributed by atoms with Crippen molar-refractivity contribution in [2.24, 2.45) is 5.41 Å². The zero-order valence-corrected chi connectivity index (χ0v) is 19.5. The fourth-order valence-corrected chi connectivity index (χ4v) is 6.47. The number of alkyl halides is 3. The lowest BCUT2D eigenvalue weighted by Crippen LogP contribution is -2.43. The number of piperidine rings is 1. The van der Waals surface area contributed by atoms with Crippen LogP contribution in [0.1, 0.15) is 37.7 Å². The van der Waals surface area contributed by atoms with Gasteiger partial charge >= 0.3 is 12.1 Å². The molecule has 1 unspecified atom stereocenters. The molecule has 1 spiro atoms. The number of rotatable bonds is 4. The van der Waals surface area contributed by atoms with Crippen LogP contribution in [0.15, 0.2) is 29.2 Å². The Morgan fingerprint density at radius 2 is 1.73 bits per heavy atom. The minimum absolute atomic E-state index is 0.183. The average Bonchev–Trinajstić information content (AvgIpc) is 3.39. The second-order valence-electron chi connectivity index (χ2n) is 9.12. The minimum atomic E-state index is -5.08. The van der Waals surface area contributed by atoms with Gasteiger partial charge in [0.15, 0.2) is 0 Å². The van der Waals surface area contributed by atoms with E-state index in [0.29, 0.717) is 24.1 Å². The standard InChI is InChI=1S/C20H30N2O3S.C2HF3O2/c1-17-6-2-3-7-19(17)26(23,24)22-12-8-20(9-13-22)14-18(25-16-20)15-21-10-4-5-11-21;3-2(4,5)1(6)7/h2-3,6-7,18H,4-5,8-16H2,1H3;(H,6,7). The molecule has 0 amide bonds. The lowest BCUT2D eigenvalue weighted by Gasteiger charge is -2.38. The van der Waals surface area contributed by atoms with Crippen LogP contribution in [0.25, 0.3) is 0 Å². The van der Waals surface area contributed by atoms with Gasteiger partial charge in [0.05, 0.1) is 17.6 Å². The van der Waals surface area contributed by atoms with Crippen molar-refractivity contribution in [1.29, 1.82) is 0 Å². The van der Waals surface area contributed by atoms with Gasteiger partial charge in [-0.2, -0.15) is 17.5 Å². The summed E-state index contributed by atoms with van der Waals surface area (Å²) in [6, 6.07) is 7.28. The van der Waals surface area contributed by atoms with Crippen LogP contribution in [-0.4, -0.2) is 80.3 Å². The molecule has 0 aliphatic carbocycles. The van der Waals surface area contributed by atoms with Gasteiger partial charge in [-0.3, -0.25) is 0 Å². The van der Waals surface area contributed by atoms with Crippen molar-refractivity contribution >= 4 is 16.0 Å². The van der Waals surface area contributed by atoms with Gasteiger partial charge in [0, 0.05) is 19.6 Å². The van der Waals surface area contributed by atoms with Crippen LogP contribution in [0.3, 0.4) is 0 Å². The van der Waals surface area contributed by atoms with E-state index in [4.69, 9.17) is 14.6 Å². The summed E-state index contributed by atoms with van der Waals surface area (Å²) in [5, 5.41) is 7.12. The van der Waals surface area contributed by atoms with E-state index in [-0.39, 0.29) is 5.41 Å². The monoisotopic (exact) mass is 492 g/mol. The van der Waals surface area contributed by atoms with Crippen molar-refractivity contribution in [3.8, 4) is 0 Å². The van der Waals surface area contributed by atoms with Crippen molar-refractivity contribution in [3.05, 3.63) is 29.8 Å². The number of hydrogen-bond acceptors (Lipinski definition) is 5. The maximum Gasteiger partial charge on any atom is 0.490 e. The maximum absolute atomic E-state index is 13.0. The summed E-state index contributed by atoms with van der Waals surface area (Å²) < 4.78 is 65.5. The van der Waals surface area contributed by atoms with Crippen molar-refractivity contribution in [2.75, 3.05) is 39.3 Å². The normalized spacial score (nSPS) is 23.9. The molecule has 1 N–H and O–H groups in total. The van der Waals surface area contributed by atoms with Crippen LogP contribution in [0.2, 0.25) is 0 Å². The van der Waals surface area contributed by atoms with Crippen LogP contribution in [0.4, 0.5) is 13.2 Å². The van der Waals surface area contributed by atoms with Gasteiger partial charge in [-0.25, -0.2) is 13.2 Å². The van der Waals surface area contributed by atoms with Crippen molar-refractivity contribution in [3.63, 3.8) is 0 Å². The first-order valence-electron chi connectivity index (χ1n) is 11.1. The van der Waals surface area contributed by atoms with Gasteiger partial charge in [-0.1, -0.05) is 18.2 Å². The zero-order valence-electron chi connectivity index (χ0n) is 18.7. The molecule has 3 fully saturated rings. The van der Waals surface area contributed by atoms with E-state index < -0.39 is 22.2 Å². The fraction of sp³-hybridized carbons (Fsp3) is 0.682. The Kier molecular flexibility index (Phi) is 8.08. The molecule has 3 aliphatic rings. The number of carboxylic acids is 1. The second kappa shape index (κ2) is 10.3. The third-order valence-electron chi connectivity index (χ3n) is 6.68. The van der Waals surface area contributed by atoms with Gasteiger partial charge in [-0.15, -0.1) is 0 Å². The van der Waals surface area contributed by atoms with Gasteiger partial charge < -0.3 is 14.7 Å². The van der Waals surface area contributed by atoms with E-state index >= 15 is 0 Å². The highest BCUT2D eigenvalue weighted by molar-refractivity contribution is 7.89. The Morgan fingerprint density at radius 1 is 1.15 bits per heavy atom. The predicted molar refractivity (Wildman–Crippen MR) is 115 cm³/mol. The summed E-state index contributed by atoms with van der Waals surface area (Å²) in [6.07, 6.45) is 0.769. The fourth-order valence-electron chi connectivity index (χ4n) is 4.80. The number of sulfonamides is 1. The van der Waals surface area contributed by atoms with Crippen LogP contribution in [0.5, 0.6) is 0 Å². The number of ether oxygens (including phenoxy) is 1. The largest absolute Gasteiger partial charge is 0.490 e. The number of carbonyl (C=O) groups is 1.